The van der Waals surface area contributed by atoms with E-state index in [9.17, 15) is 8.78 Å². The average molecular weight is 134 g/mol. The molecule has 0 unspecified atom stereocenters. The van der Waals surface area contributed by atoms with Gasteiger partial charge in [-0.05, 0) is 0 Å². The van der Waals surface area contributed by atoms with E-state index in [1.54, 1.807) is 0 Å². The molecule has 0 atom stereocenters. The topological polar surface area (TPSA) is 32.3 Å². The quantitative estimate of drug-likeness (QED) is 0.543. The Morgan fingerprint density at radius 2 is 2.00 bits per heavy atom. The first kappa shape index (κ1) is 10.1. The molecule has 0 heterocycles. The van der Waals surface area contributed by atoms with E-state index in [1.807, 2.05) is 0 Å². The van der Waals surface area contributed by atoms with Crippen LogP contribution in [0, 0.1) is 0 Å². The zero-order valence-electron chi connectivity index (χ0n) is 3.40. The predicted molar refractivity (Wildman–Crippen MR) is 23.0 cm³/mol. The van der Waals surface area contributed by atoms with Gasteiger partial charge >= 0.3 is 0 Å². The highest BCUT2D eigenvalue weighted by Gasteiger charge is 1.96. The number of hydroxylamine groups is 1. The van der Waals surface area contributed by atoms with Gasteiger partial charge in [0.1, 0.15) is 0 Å². The maximum absolute atomic E-state index is 10.8. The van der Waals surface area contributed by atoms with E-state index in [1.165, 1.54) is 5.48 Å². The molecule has 0 fully saturated rings. The highest BCUT2D eigenvalue weighted by Crippen LogP contribution is 1.84. The van der Waals surface area contributed by atoms with Crippen molar-refractivity contribution in [1.29, 1.82) is 0 Å². The summed E-state index contributed by atoms with van der Waals surface area (Å²) in [4.78, 5) is 0. The highest BCUT2D eigenvalue weighted by atomic mass is 35.5. The van der Waals surface area contributed by atoms with Gasteiger partial charge in [-0.3, -0.25) is 0 Å². The summed E-state index contributed by atoms with van der Waals surface area (Å²) in [6.07, 6.45) is -2.46. The van der Waals surface area contributed by atoms with Crippen LogP contribution in [0.1, 0.15) is 0 Å². The van der Waals surface area contributed by atoms with Crippen molar-refractivity contribution in [1.82, 2.24) is 5.48 Å². The molecular formula is C2H6ClF2NO. The Hall–Kier alpha value is 0.0700. The Bertz CT molecular complexity index is 36.9. The Morgan fingerprint density at radius 3 is 2.00 bits per heavy atom. The third-order valence-corrected chi connectivity index (χ3v) is 0.246. The summed E-state index contributed by atoms with van der Waals surface area (Å²) < 4.78 is 21.6. The Kier molecular flexibility index (Phi) is 8.79. The molecule has 0 amide bonds. The maximum Gasteiger partial charge on any atom is 0.253 e. The van der Waals surface area contributed by atoms with E-state index < -0.39 is 13.0 Å². The number of halogens is 3. The molecule has 0 spiro atoms. The summed E-state index contributed by atoms with van der Waals surface area (Å²) in [5.41, 5.74) is 1.32. The molecule has 0 rings (SSSR count). The number of alkyl halides is 2. The maximum atomic E-state index is 10.8. The molecule has 2 N–H and O–H groups in total. The normalized spacial score (nSPS) is 8.57. The van der Waals surface area contributed by atoms with Crippen molar-refractivity contribution in [3.63, 3.8) is 0 Å². The van der Waals surface area contributed by atoms with Crippen molar-refractivity contribution in [3.05, 3.63) is 0 Å². The van der Waals surface area contributed by atoms with Gasteiger partial charge in [0.15, 0.2) is 0 Å². The van der Waals surface area contributed by atoms with Crippen LogP contribution >= 0.6 is 12.4 Å². The Labute approximate surface area is 45.9 Å². The standard InChI is InChI=1S/C2H5F2NO.ClH/c3-2(4)1-5-6;/h2,5-6H,1H2;1H. The zero-order valence-corrected chi connectivity index (χ0v) is 4.21. The molecule has 0 saturated heterocycles. The first-order chi connectivity index (χ1) is 2.77. The fourth-order valence-corrected chi connectivity index (χ4v) is 0.0690. The number of nitrogens with one attached hydrogen (secondary N) is 1. The van der Waals surface area contributed by atoms with Crippen molar-refractivity contribution in [2.75, 3.05) is 6.54 Å². The summed E-state index contributed by atoms with van der Waals surface area (Å²) in [6.45, 7) is -0.653. The van der Waals surface area contributed by atoms with E-state index >= 15 is 0 Å². The molecular weight excluding hydrogens is 127 g/mol. The summed E-state index contributed by atoms with van der Waals surface area (Å²) in [6, 6.07) is 0. The minimum Gasteiger partial charge on any atom is -0.317 e. The minimum atomic E-state index is -2.46. The van der Waals surface area contributed by atoms with Gasteiger partial charge < -0.3 is 5.21 Å². The minimum absolute atomic E-state index is 0. The second-order valence-corrected chi connectivity index (χ2v) is 0.753. The monoisotopic (exact) mass is 133 g/mol. The lowest BCUT2D eigenvalue weighted by atomic mass is 10.7. The molecule has 0 aliphatic carbocycles. The fraction of sp³-hybridized carbons (Fsp3) is 1.00. The van der Waals surface area contributed by atoms with Crippen LogP contribution in [0.5, 0.6) is 0 Å². The molecule has 7 heavy (non-hydrogen) atoms. The molecule has 0 saturated carbocycles. The predicted octanol–water partition coefficient (Wildman–Crippen LogP) is 0.652. The first-order valence-corrected chi connectivity index (χ1v) is 1.42. The summed E-state index contributed by atoms with van der Waals surface area (Å²) in [5.74, 6) is 0. The van der Waals surface area contributed by atoms with Crippen LogP contribution in [0.15, 0.2) is 0 Å². The molecule has 46 valence electrons. The molecule has 0 radical (unpaired) electrons. The van der Waals surface area contributed by atoms with Crippen molar-refractivity contribution in [2.24, 2.45) is 0 Å². The molecule has 0 aromatic heterocycles. The van der Waals surface area contributed by atoms with Gasteiger partial charge in [0.05, 0.1) is 6.54 Å². The van der Waals surface area contributed by atoms with Gasteiger partial charge in [0, 0.05) is 0 Å². The average Bonchev–Trinajstić information content (AvgIpc) is 1.35. The Balaban J connectivity index is 0. The van der Waals surface area contributed by atoms with E-state index in [2.05, 4.69) is 0 Å². The van der Waals surface area contributed by atoms with E-state index in [0.717, 1.165) is 0 Å². The van der Waals surface area contributed by atoms with Crippen LogP contribution < -0.4 is 5.48 Å². The van der Waals surface area contributed by atoms with Crippen LogP contribution in [-0.4, -0.2) is 18.2 Å². The van der Waals surface area contributed by atoms with Crippen molar-refractivity contribution < 1.29 is 14.0 Å². The molecule has 0 aliphatic heterocycles. The lowest BCUT2D eigenvalue weighted by Crippen LogP contribution is -2.15. The van der Waals surface area contributed by atoms with Crippen molar-refractivity contribution >= 4 is 12.4 Å². The largest absolute Gasteiger partial charge is 0.317 e. The van der Waals surface area contributed by atoms with E-state index in [4.69, 9.17) is 5.21 Å². The smallest absolute Gasteiger partial charge is 0.253 e. The fourth-order valence-electron chi connectivity index (χ4n) is 0.0690. The summed E-state index contributed by atoms with van der Waals surface area (Å²) in [7, 11) is 0. The highest BCUT2D eigenvalue weighted by molar-refractivity contribution is 5.85. The Morgan fingerprint density at radius 1 is 1.57 bits per heavy atom. The van der Waals surface area contributed by atoms with E-state index in [0.29, 0.717) is 0 Å². The van der Waals surface area contributed by atoms with Gasteiger partial charge in [-0.25, -0.2) is 8.78 Å². The number of rotatable bonds is 2. The molecule has 0 aromatic carbocycles. The van der Waals surface area contributed by atoms with Crippen LogP contribution in [0.25, 0.3) is 0 Å². The molecule has 0 aromatic rings. The van der Waals surface area contributed by atoms with Gasteiger partial charge in [0.25, 0.3) is 6.43 Å². The molecule has 5 heteroatoms. The van der Waals surface area contributed by atoms with Crippen molar-refractivity contribution in [3.8, 4) is 0 Å². The van der Waals surface area contributed by atoms with Crippen LogP contribution in [0.4, 0.5) is 8.78 Å². The van der Waals surface area contributed by atoms with Gasteiger partial charge in [0.2, 0.25) is 0 Å². The van der Waals surface area contributed by atoms with Crippen molar-refractivity contribution in [2.45, 2.75) is 6.43 Å². The second-order valence-electron chi connectivity index (χ2n) is 0.753. The van der Waals surface area contributed by atoms with Gasteiger partial charge in [-0.15, -0.1) is 12.4 Å². The van der Waals surface area contributed by atoms with Gasteiger partial charge in [-0.2, -0.15) is 5.48 Å². The van der Waals surface area contributed by atoms with Crippen LogP contribution in [-0.2, 0) is 0 Å². The molecule has 0 bridgehead atoms. The summed E-state index contributed by atoms with van der Waals surface area (Å²) in [5, 5.41) is 7.51. The number of hydrogen-bond acceptors (Lipinski definition) is 2. The third kappa shape index (κ3) is 10.7. The zero-order chi connectivity index (χ0) is 4.99. The van der Waals surface area contributed by atoms with E-state index in [-0.39, 0.29) is 12.4 Å². The van der Waals surface area contributed by atoms with Crippen LogP contribution in [0.2, 0.25) is 0 Å². The molecule has 0 aliphatic rings. The number of hydrogen-bond donors (Lipinski definition) is 2. The van der Waals surface area contributed by atoms with Crippen LogP contribution in [0.3, 0.4) is 0 Å². The molecule has 2 nitrogen and oxygen atoms in total. The first-order valence-electron chi connectivity index (χ1n) is 1.42. The SMILES string of the molecule is Cl.ONCC(F)F. The lowest BCUT2D eigenvalue weighted by Gasteiger charge is -1.90. The second kappa shape index (κ2) is 6.07. The summed E-state index contributed by atoms with van der Waals surface area (Å²) >= 11 is 0. The van der Waals surface area contributed by atoms with Gasteiger partial charge in [-0.1, -0.05) is 0 Å². The lowest BCUT2D eigenvalue weighted by molar-refractivity contribution is 0.0742. The third-order valence-electron chi connectivity index (χ3n) is 0.246.